The fourth-order valence-electron chi connectivity index (χ4n) is 3.31. The molecule has 0 heterocycles. The van der Waals surface area contributed by atoms with Crippen molar-refractivity contribution < 1.29 is 26.4 Å². The van der Waals surface area contributed by atoms with E-state index < -0.39 is 37.9 Å². The summed E-state index contributed by atoms with van der Waals surface area (Å²) in [5.41, 5.74) is 1.07. The minimum absolute atomic E-state index is 0.185. The summed E-state index contributed by atoms with van der Waals surface area (Å²) >= 11 is 0. The van der Waals surface area contributed by atoms with Crippen molar-refractivity contribution in [2.75, 3.05) is 23.4 Å². The maximum Gasteiger partial charge on any atom is 0.244 e. The van der Waals surface area contributed by atoms with E-state index in [2.05, 4.69) is 5.32 Å². The molecule has 0 bridgehead atoms. The minimum atomic E-state index is -3.76. The van der Waals surface area contributed by atoms with Crippen molar-refractivity contribution in [2.24, 2.45) is 0 Å². The van der Waals surface area contributed by atoms with Gasteiger partial charge in [0.2, 0.25) is 15.9 Å². The first kappa shape index (κ1) is 25.7. The Kier molecular flexibility index (Phi) is 8.30. The SMILES string of the molecule is CCOc1ccc(N([C@H](CC)C(=O)N[C@H](C)c2ccc(S(C)(=O)=O)cc2)S(C)(=O)=O)cc1. The van der Waals surface area contributed by atoms with Crippen LogP contribution in [0.25, 0.3) is 0 Å². The Hall–Kier alpha value is -2.59. The third kappa shape index (κ3) is 6.46. The topological polar surface area (TPSA) is 110 Å². The van der Waals surface area contributed by atoms with Gasteiger partial charge in [0.15, 0.2) is 9.84 Å². The quantitative estimate of drug-likeness (QED) is 0.558. The van der Waals surface area contributed by atoms with Gasteiger partial charge in [0.25, 0.3) is 0 Å². The number of hydrogen-bond acceptors (Lipinski definition) is 6. The highest BCUT2D eigenvalue weighted by Gasteiger charge is 2.32. The largest absolute Gasteiger partial charge is 0.494 e. The van der Waals surface area contributed by atoms with E-state index in [1.54, 1.807) is 50.2 Å². The Balaban J connectivity index is 2.27. The standard InChI is InChI=1S/C22H30N2O6S2/c1-6-21(24(32(5,28)29)18-10-12-19(13-11-18)30-7-2)22(25)23-16(3)17-8-14-20(15-9-17)31(4,26)27/h8-16,21H,6-7H2,1-5H3,(H,23,25)/t16-,21-/m1/s1. The summed E-state index contributed by atoms with van der Waals surface area (Å²) in [5.74, 6) is 0.153. The molecule has 2 atom stereocenters. The van der Waals surface area contributed by atoms with Crippen LogP contribution in [-0.4, -0.2) is 47.9 Å². The van der Waals surface area contributed by atoms with Crippen LogP contribution in [0.15, 0.2) is 53.4 Å². The lowest BCUT2D eigenvalue weighted by Gasteiger charge is -2.31. The van der Waals surface area contributed by atoms with Gasteiger partial charge in [-0.2, -0.15) is 0 Å². The van der Waals surface area contributed by atoms with Crippen molar-refractivity contribution in [1.82, 2.24) is 5.32 Å². The van der Waals surface area contributed by atoms with Crippen LogP contribution in [0.1, 0.15) is 38.8 Å². The Morgan fingerprint density at radius 1 is 0.969 bits per heavy atom. The number of ether oxygens (including phenoxy) is 1. The first-order valence-corrected chi connectivity index (χ1v) is 13.9. The summed E-state index contributed by atoms with van der Waals surface area (Å²) in [5, 5.41) is 2.84. The molecule has 0 unspecified atom stereocenters. The predicted octanol–water partition coefficient (Wildman–Crippen LogP) is 2.91. The number of carbonyl (C=O) groups is 1. The molecule has 2 aromatic carbocycles. The number of rotatable bonds is 10. The van der Waals surface area contributed by atoms with Gasteiger partial charge >= 0.3 is 0 Å². The number of amides is 1. The first-order valence-electron chi connectivity index (χ1n) is 10.2. The second kappa shape index (κ2) is 10.4. The van der Waals surface area contributed by atoms with Gasteiger partial charge in [-0.05, 0) is 62.2 Å². The summed E-state index contributed by atoms with van der Waals surface area (Å²) in [4.78, 5) is 13.3. The molecule has 0 saturated carbocycles. The van der Waals surface area contributed by atoms with E-state index >= 15 is 0 Å². The Morgan fingerprint density at radius 2 is 1.53 bits per heavy atom. The molecule has 0 radical (unpaired) electrons. The molecule has 0 aromatic heterocycles. The first-order chi connectivity index (χ1) is 14.9. The number of nitrogens with zero attached hydrogens (tertiary/aromatic N) is 1. The number of benzene rings is 2. The summed E-state index contributed by atoms with van der Waals surface area (Å²) in [7, 11) is -7.08. The number of nitrogens with one attached hydrogen (secondary N) is 1. The lowest BCUT2D eigenvalue weighted by molar-refractivity contribution is -0.122. The smallest absolute Gasteiger partial charge is 0.244 e. The van der Waals surface area contributed by atoms with Crippen LogP contribution >= 0.6 is 0 Å². The van der Waals surface area contributed by atoms with E-state index in [4.69, 9.17) is 4.74 Å². The molecule has 0 aliphatic carbocycles. The average molecular weight is 483 g/mol. The highest BCUT2D eigenvalue weighted by Crippen LogP contribution is 2.26. The molecule has 32 heavy (non-hydrogen) atoms. The zero-order chi connectivity index (χ0) is 24.1. The molecular formula is C22H30N2O6S2. The number of sulfone groups is 1. The number of anilines is 1. The van der Waals surface area contributed by atoms with Gasteiger partial charge in [-0.1, -0.05) is 19.1 Å². The van der Waals surface area contributed by atoms with E-state index in [9.17, 15) is 21.6 Å². The molecule has 0 aliphatic heterocycles. The summed E-state index contributed by atoms with van der Waals surface area (Å²) in [6, 6.07) is 11.3. The van der Waals surface area contributed by atoms with E-state index in [1.807, 2.05) is 6.92 Å². The normalized spacial score (nSPS) is 13.8. The third-order valence-corrected chi connectivity index (χ3v) is 7.21. The van der Waals surface area contributed by atoms with E-state index in [0.717, 1.165) is 16.8 Å². The molecule has 2 aromatic rings. The number of carbonyl (C=O) groups excluding carboxylic acids is 1. The zero-order valence-corrected chi connectivity index (χ0v) is 20.5. The average Bonchev–Trinajstić information content (AvgIpc) is 2.71. The van der Waals surface area contributed by atoms with Crippen LogP contribution in [0.4, 0.5) is 5.69 Å². The van der Waals surface area contributed by atoms with Crippen molar-refractivity contribution in [3.8, 4) is 5.75 Å². The van der Waals surface area contributed by atoms with Gasteiger partial charge < -0.3 is 10.1 Å². The van der Waals surface area contributed by atoms with Crippen molar-refractivity contribution >= 4 is 31.5 Å². The number of sulfonamides is 1. The Labute approximate surface area is 190 Å². The molecule has 1 N–H and O–H groups in total. The highest BCUT2D eigenvalue weighted by molar-refractivity contribution is 7.92. The Morgan fingerprint density at radius 3 is 1.97 bits per heavy atom. The van der Waals surface area contributed by atoms with Crippen LogP contribution in [-0.2, 0) is 24.7 Å². The van der Waals surface area contributed by atoms with E-state index in [1.165, 1.54) is 12.1 Å². The second-order valence-corrected chi connectivity index (χ2v) is 11.4. The predicted molar refractivity (Wildman–Crippen MR) is 125 cm³/mol. The van der Waals surface area contributed by atoms with Gasteiger partial charge in [0.1, 0.15) is 11.8 Å². The molecule has 0 saturated heterocycles. The van der Waals surface area contributed by atoms with Crippen LogP contribution in [0, 0.1) is 0 Å². The molecule has 0 aliphatic rings. The number of hydrogen-bond donors (Lipinski definition) is 1. The van der Waals surface area contributed by atoms with Gasteiger partial charge in [-0.3, -0.25) is 9.10 Å². The van der Waals surface area contributed by atoms with Crippen LogP contribution in [0.5, 0.6) is 5.75 Å². The fraction of sp³-hybridized carbons (Fsp3) is 0.409. The van der Waals surface area contributed by atoms with Crippen molar-refractivity contribution in [2.45, 2.75) is 44.2 Å². The third-order valence-electron chi connectivity index (χ3n) is 4.90. The van der Waals surface area contributed by atoms with Gasteiger partial charge in [0, 0.05) is 6.26 Å². The summed E-state index contributed by atoms with van der Waals surface area (Å²) < 4.78 is 55.0. The van der Waals surface area contributed by atoms with Crippen LogP contribution in [0.2, 0.25) is 0 Å². The summed E-state index contributed by atoms with van der Waals surface area (Å²) in [6.45, 7) is 5.83. The Bertz CT molecular complexity index is 1130. The van der Waals surface area contributed by atoms with Gasteiger partial charge in [-0.15, -0.1) is 0 Å². The molecular weight excluding hydrogens is 452 g/mol. The molecule has 2 rings (SSSR count). The molecule has 8 nitrogen and oxygen atoms in total. The van der Waals surface area contributed by atoms with E-state index in [0.29, 0.717) is 23.6 Å². The monoisotopic (exact) mass is 482 g/mol. The van der Waals surface area contributed by atoms with Crippen molar-refractivity contribution in [3.05, 3.63) is 54.1 Å². The molecule has 1 amide bonds. The second-order valence-electron chi connectivity index (χ2n) is 7.48. The minimum Gasteiger partial charge on any atom is -0.494 e. The summed E-state index contributed by atoms with van der Waals surface area (Å²) in [6.07, 6.45) is 2.44. The molecule has 176 valence electrons. The van der Waals surface area contributed by atoms with Crippen molar-refractivity contribution in [3.63, 3.8) is 0 Å². The maximum absolute atomic E-state index is 13.1. The molecule has 0 spiro atoms. The molecule has 0 fully saturated rings. The lowest BCUT2D eigenvalue weighted by Crippen LogP contribution is -2.49. The molecule has 10 heteroatoms. The van der Waals surface area contributed by atoms with Crippen LogP contribution < -0.4 is 14.4 Å². The zero-order valence-electron chi connectivity index (χ0n) is 18.9. The van der Waals surface area contributed by atoms with Crippen molar-refractivity contribution in [1.29, 1.82) is 0 Å². The maximum atomic E-state index is 13.1. The fourth-order valence-corrected chi connectivity index (χ4v) is 5.16. The van der Waals surface area contributed by atoms with Gasteiger partial charge in [0.05, 0.1) is 29.5 Å². The van der Waals surface area contributed by atoms with E-state index in [-0.39, 0.29) is 11.3 Å². The van der Waals surface area contributed by atoms with Crippen LogP contribution in [0.3, 0.4) is 0 Å². The highest BCUT2D eigenvalue weighted by atomic mass is 32.2. The van der Waals surface area contributed by atoms with Gasteiger partial charge in [-0.25, -0.2) is 16.8 Å². The lowest BCUT2D eigenvalue weighted by atomic mass is 10.1.